The summed E-state index contributed by atoms with van der Waals surface area (Å²) in [6.07, 6.45) is -3.22. The largest absolute Gasteiger partial charge is 0.416 e. The van der Waals surface area contributed by atoms with Crippen molar-refractivity contribution in [2.45, 2.75) is 38.4 Å². The zero-order valence-corrected chi connectivity index (χ0v) is 20.7. The number of hydrogen-bond donors (Lipinski definition) is 1. The van der Waals surface area contributed by atoms with Crippen molar-refractivity contribution in [2.75, 3.05) is 30.7 Å². The highest BCUT2D eigenvalue weighted by Crippen LogP contribution is 2.32. The smallest absolute Gasteiger partial charge is 0.357 e. The molecule has 11 heteroatoms. The number of alkyl halides is 3. The zero-order chi connectivity index (χ0) is 26.2. The predicted molar refractivity (Wildman–Crippen MR) is 128 cm³/mol. The van der Waals surface area contributed by atoms with Crippen LogP contribution in [0.3, 0.4) is 0 Å². The molecule has 0 heterocycles. The Morgan fingerprint density at radius 1 is 1.03 bits per heavy atom. The summed E-state index contributed by atoms with van der Waals surface area (Å²) in [6, 6.07) is 12.7. The van der Waals surface area contributed by atoms with Gasteiger partial charge in [0.2, 0.25) is 21.8 Å². The third kappa shape index (κ3) is 8.27. The van der Waals surface area contributed by atoms with E-state index in [0.717, 1.165) is 34.3 Å². The van der Waals surface area contributed by atoms with Gasteiger partial charge in [0.15, 0.2) is 0 Å². The van der Waals surface area contributed by atoms with Crippen molar-refractivity contribution in [2.24, 2.45) is 0 Å². The van der Waals surface area contributed by atoms with Crippen LogP contribution in [0.2, 0.25) is 0 Å². The first-order valence-corrected chi connectivity index (χ1v) is 12.9. The van der Waals surface area contributed by atoms with Crippen LogP contribution < -0.4 is 9.62 Å². The number of carbonyl (C=O) groups is 2. The van der Waals surface area contributed by atoms with E-state index in [4.69, 9.17) is 0 Å². The lowest BCUT2D eigenvalue weighted by molar-refractivity contribution is -0.139. The van der Waals surface area contributed by atoms with Gasteiger partial charge in [-0.2, -0.15) is 13.2 Å². The van der Waals surface area contributed by atoms with Crippen LogP contribution in [0.15, 0.2) is 54.6 Å². The number of hydrogen-bond acceptors (Lipinski definition) is 4. The van der Waals surface area contributed by atoms with Crippen LogP contribution in [0.1, 0.15) is 30.9 Å². The molecule has 0 fully saturated rings. The molecule has 0 saturated carbocycles. The maximum atomic E-state index is 13.1. The van der Waals surface area contributed by atoms with Crippen LogP contribution in [0.4, 0.5) is 18.9 Å². The second kappa shape index (κ2) is 12.1. The molecular weight excluding hydrogens is 483 g/mol. The van der Waals surface area contributed by atoms with Gasteiger partial charge in [-0.1, -0.05) is 36.4 Å². The maximum Gasteiger partial charge on any atom is 0.416 e. The number of rotatable bonds is 11. The number of halogens is 3. The van der Waals surface area contributed by atoms with Crippen molar-refractivity contribution in [3.8, 4) is 0 Å². The molecule has 192 valence electrons. The minimum Gasteiger partial charge on any atom is -0.357 e. The predicted octanol–water partition coefficient (Wildman–Crippen LogP) is 3.46. The Labute approximate surface area is 204 Å². The fraction of sp³-hybridized carbons (Fsp3) is 0.417. The van der Waals surface area contributed by atoms with Crippen LogP contribution in [0, 0.1) is 0 Å². The molecule has 1 N–H and O–H groups in total. The Bertz CT molecular complexity index is 1110. The Kier molecular flexibility index (Phi) is 9.70. The SMILES string of the molecule is CNC(=O)[C@H](C)N(CCc1ccccc1)C(=O)CCCN(c1cccc(C(F)(F)F)c1)S(C)(=O)=O. The minimum absolute atomic E-state index is 0.0600. The maximum absolute atomic E-state index is 13.1. The molecule has 0 spiro atoms. The van der Waals surface area contributed by atoms with Gasteiger partial charge in [-0.25, -0.2) is 8.42 Å². The first kappa shape index (κ1) is 28.2. The molecule has 0 aliphatic heterocycles. The van der Waals surface area contributed by atoms with Gasteiger partial charge in [-0.15, -0.1) is 0 Å². The summed E-state index contributed by atoms with van der Waals surface area (Å²) in [5, 5.41) is 2.52. The quantitative estimate of drug-likeness (QED) is 0.499. The molecule has 35 heavy (non-hydrogen) atoms. The molecule has 7 nitrogen and oxygen atoms in total. The van der Waals surface area contributed by atoms with E-state index in [0.29, 0.717) is 6.42 Å². The second-order valence-electron chi connectivity index (χ2n) is 8.10. The highest BCUT2D eigenvalue weighted by molar-refractivity contribution is 7.92. The number of carbonyl (C=O) groups excluding carboxylic acids is 2. The molecule has 0 unspecified atom stereocenters. The monoisotopic (exact) mass is 513 g/mol. The number of amides is 2. The van der Waals surface area contributed by atoms with Crippen molar-refractivity contribution in [3.05, 3.63) is 65.7 Å². The van der Waals surface area contributed by atoms with Gasteiger partial charge in [-0.05, 0) is 43.5 Å². The van der Waals surface area contributed by atoms with Crippen LogP contribution >= 0.6 is 0 Å². The lowest BCUT2D eigenvalue weighted by atomic mass is 10.1. The molecule has 0 aliphatic carbocycles. The molecule has 0 saturated heterocycles. The highest BCUT2D eigenvalue weighted by atomic mass is 32.2. The Morgan fingerprint density at radius 3 is 2.26 bits per heavy atom. The van der Waals surface area contributed by atoms with Gasteiger partial charge in [0.1, 0.15) is 6.04 Å². The Balaban J connectivity index is 2.13. The number of sulfonamides is 1. The zero-order valence-electron chi connectivity index (χ0n) is 19.9. The number of likely N-dealkylation sites (N-methyl/N-ethyl adjacent to an activating group) is 1. The fourth-order valence-corrected chi connectivity index (χ4v) is 4.58. The van der Waals surface area contributed by atoms with Gasteiger partial charge in [0.05, 0.1) is 17.5 Å². The lowest BCUT2D eigenvalue weighted by Gasteiger charge is -2.29. The molecule has 2 amide bonds. The summed E-state index contributed by atoms with van der Waals surface area (Å²) in [4.78, 5) is 26.6. The molecular formula is C24H30F3N3O4S. The van der Waals surface area contributed by atoms with Crippen molar-refractivity contribution in [3.63, 3.8) is 0 Å². The molecule has 0 radical (unpaired) electrons. The lowest BCUT2D eigenvalue weighted by Crippen LogP contribution is -2.48. The van der Waals surface area contributed by atoms with Gasteiger partial charge in [0.25, 0.3) is 0 Å². The van der Waals surface area contributed by atoms with Crippen LogP contribution in [0.5, 0.6) is 0 Å². The molecule has 2 aromatic rings. The van der Waals surface area contributed by atoms with Crippen molar-refractivity contribution < 1.29 is 31.2 Å². The average molecular weight is 514 g/mol. The molecule has 1 atom stereocenters. The summed E-state index contributed by atoms with van der Waals surface area (Å²) in [5.74, 6) is -0.692. The third-order valence-corrected chi connectivity index (χ3v) is 6.71. The van der Waals surface area contributed by atoms with Gasteiger partial charge < -0.3 is 10.2 Å². The normalized spacial score (nSPS) is 12.6. The van der Waals surface area contributed by atoms with Crippen molar-refractivity contribution in [1.82, 2.24) is 10.2 Å². The highest BCUT2D eigenvalue weighted by Gasteiger charge is 2.32. The Hall–Kier alpha value is -3.08. The number of nitrogens with one attached hydrogen (secondary N) is 1. The summed E-state index contributed by atoms with van der Waals surface area (Å²) >= 11 is 0. The molecule has 2 rings (SSSR count). The molecule has 0 aliphatic rings. The van der Waals surface area contributed by atoms with Gasteiger partial charge in [0, 0.05) is 26.6 Å². The summed E-state index contributed by atoms with van der Waals surface area (Å²) in [7, 11) is -2.43. The summed E-state index contributed by atoms with van der Waals surface area (Å²) in [5.41, 5.74) is -0.108. The van der Waals surface area contributed by atoms with Gasteiger partial charge >= 0.3 is 6.18 Å². The number of benzene rings is 2. The second-order valence-corrected chi connectivity index (χ2v) is 10.0. The average Bonchev–Trinajstić information content (AvgIpc) is 2.80. The number of nitrogens with zero attached hydrogens (tertiary/aromatic N) is 2. The topological polar surface area (TPSA) is 86.8 Å². The molecule has 2 aromatic carbocycles. The van der Waals surface area contributed by atoms with Gasteiger partial charge in [-0.3, -0.25) is 13.9 Å². The minimum atomic E-state index is -4.62. The summed E-state index contributed by atoms with van der Waals surface area (Å²) in [6.45, 7) is 1.70. The first-order valence-electron chi connectivity index (χ1n) is 11.0. The van der Waals surface area contributed by atoms with E-state index in [1.54, 1.807) is 6.92 Å². The van der Waals surface area contributed by atoms with Crippen molar-refractivity contribution in [1.29, 1.82) is 0 Å². The van der Waals surface area contributed by atoms with Crippen LogP contribution in [-0.4, -0.2) is 57.6 Å². The Morgan fingerprint density at radius 2 is 1.69 bits per heavy atom. The van der Waals surface area contributed by atoms with E-state index in [9.17, 15) is 31.2 Å². The van der Waals surface area contributed by atoms with Crippen LogP contribution in [-0.2, 0) is 32.2 Å². The molecule has 0 aromatic heterocycles. The number of anilines is 1. The standard InChI is InChI=1S/C24H30F3N3O4S/c1-18(23(32)28-2)29(16-14-19-9-5-4-6-10-19)22(31)13-8-15-30(35(3,33)34)21-12-7-11-20(17-21)24(25,26)27/h4-7,9-12,17-18H,8,13-16H2,1-3H3,(H,28,32)/t18-/m0/s1. The van der Waals surface area contributed by atoms with E-state index in [1.165, 1.54) is 18.0 Å². The molecule has 0 bridgehead atoms. The van der Waals surface area contributed by atoms with Crippen LogP contribution in [0.25, 0.3) is 0 Å². The summed E-state index contributed by atoms with van der Waals surface area (Å²) < 4.78 is 64.7. The van der Waals surface area contributed by atoms with E-state index in [2.05, 4.69) is 5.32 Å². The van der Waals surface area contributed by atoms with E-state index in [-0.39, 0.29) is 43.4 Å². The van der Waals surface area contributed by atoms with E-state index < -0.39 is 27.8 Å². The first-order chi connectivity index (χ1) is 16.3. The third-order valence-electron chi connectivity index (χ3n) is 5.51. The van der Waals surface area contributed by atoms with Crippen molar-refractivity contribution >= 4 is 27.5 Å². The van der Waals surface area contributed by atoms with E-state index in [1.807, 2.05) is 30.3 Å². The van der Waals surface area contributed by atoms with E-state index >= 15 is 0 Å². The fourth-order valence-electron chi connectivity index (χ4n) is 3.62.